The summed E-state index contributed by atoms with van der Waals surface area (Å²) in [6, 6.07) is 0. The van der Waals surface area contributed by atoms with E-state index in [0.717, 1.165) is 11.8 Å². The van der Waals surface area contributed by atoms with Crippen molar-refractivity contribution < 1.29 is 0 Å². The van der Waals surface area contributed by atoms with Crippen molar-refractivity contribution in [2.75, 3.05) is 0 Å². The maximum Gasteiger partial charge on any atom is -0.0208 e. The molecule has 0 aliphatic heterocycles. The molecule has 1 unspecified atom stereocenters. The van der Waals surface area contributed by atoms with Crippen LogP contribution in [0.25, 0.3) is 0 Å². The highest BCUT2D eigenvalue weighted by atomic mass is 14.2. The van der Waals surface area contributed by atoms with Crippen LogP contribution in [-0.2, 0) is 0 Å². The Bertz CT molecular complexity index is 109. The van der Waals surface area contributed by atoms with Gasteiger partial charge in [-0.2, -0.15) is 0 Å². The highest BCUT2D eigenvalue weighted by Gasteiger charge is 2.15. The summed E-state index contributed by atoms with van der Waals surface area (Å²) in [5, 5.41) is 0. The van der Waals surface area contributed by atoms with Crippen LogP contribution in [0.2, 0.25) is 0 Å². The SMILES string of the molecule is C=CC(CCC)C(CCC)CCC. The van der Waals surface area contributed by atoms with Crippen molar-refractivity contribution in [3.8, 4) is 0 Å². The zero-order valence-electron chi connectivity index (χ0n) is 9.68. The molecule has 0 heterocycles. The molecule has 0 aliphatic rings. The second-order valence-electron chi connectivity index (χ2n) is 4.03. The monoisotopic (exact) mass is 182 g/mol. The molecule has 0 aromatic heterocycles. The van der Waals surface area contributed by atoms with Crippen molar-refractivity contribution in [3.05, 3.63) is 12.7 Å². The second-order valence-corrected chi connectivity index (χ2v) is 4.03. The Kier molecular flexibility index (Phi) is 8.18. The Morgan fingerprint density at radius 3 is 1.69 bits per heavy atom. The molecule has 0 saturated heterocycles. The van der Waals surface area contributed by atoms with E-state index in [-0.39, 0.29) is 0 Å². The molecule has 0 nitrogen and oxygen atoms in total. The second kappa shape index (κ2) is 8.34. The minimum atomic E-state index is 0.768. The minimum Gasteiger partial charge on any atom is -0.103 e. The molecule has 0 saturated carbocycles. The van der Waals surface area contributed by atoms with Crippen LogP contribution in [0.1, 0.15) is 59.3 Å². The molecule has 0 heteroatoms. The topological polar surface area (TPSA) is 0 Å². The van der Waals surface area contributed by atoms with Crippen molar-refractivity contribution >= 4 is 0 Å². The lowest BCUT2D eigenvalue weighted by atomic mass is 9.82. The van der Waals surface area contributed by atoms with Crippen molar-refractivity contribution in [1.82, 2.24) is 0 Å². The molecular weight excluding hydrogens is 156 g/mol. The highest BCUT2D eigenvalue weighted by Crippen LogP contribution is 2.27. The van der Waals surface area contributed by atoms with E-state index in [2.05, 4.69) is 33.4 Å². The molecule has 0 aromatic carbocycles. The number of rotatable bonds is 8. The first kappa shape index (κ1) is 12.7. The van der Waals surface area contributed by atoms with Crippen LogP contribution < -0.4 is 0 Å². The van der Waals surface area contributed by atoms with Crippen molar-refractivity contribution in [1.29, 1.82) is 0 Å². The van der Waals surface area contributed by atoms with Crippen LogP contribution in [0.4, 0.5) is 0 Å². The Labute approximate surface area is 84.4 Å². The zero-order chi connectivity index (χ0) is 10.1. The summed E-state index contributed by atoms with van der Waals surface area (Å²) >= 11 is 0. The number of hydrogen-bond donors (Lipinski definition) is 0. The summed E-state index contributed by atoms with van der Waals surface area (Å²) in [4.78, 5) is 0. The first-order valence-electron chi connectivity index (χ1n) is 5.92. The van der Waals surface area contributed by atoms with Crippen LogP contribution in [0.3, 0.4) is 0 Å². The average molecular weight is 182 g/mol. The van der Waals surface area contributed by atoms with Gasteiger partial charge in [-0.05, 0) is 18.3 Å². The highest BCUT2D eigenvalue weighted by molar-refractivity contribution is 4.84. The van der Waals surface area contributed by atoms with E-state index in [0.29, 0.717) is 0 Å². The molecule has 0 rings (SSSR count). The minimum absolute atomic E-state index is 0.768. The van der Waals surface area contributed by atoms with Crippen molar-refractivity contribution in [2.24, 2.45) is 11.8 Å². The Hall–Kier alpha value is -0.260. The quantitative estimate of drug-likeness (QED) is 0.473. The van der Waals surface area contributed by atoms with Gasteiger partial charge in [-0.25, -0.2) is 0 Å². The van der Waals surface area contributed by atoms with Crippen LogP contribution >= 0.6 is 0 Å². The fourth-order valence-electron chi connectivity index (χ4n) is 2.19. The van der Waals surface area contributed by atoms with Crippen LogP contribution in [-0.4, -0.2) is 0 Å². The van der Waals surface area contributed by atoms with Gasteiger partial charge in [0, 0.05) is 0 Å². The Morgan fingerprint density at radius 1 is 0.923 bits per heavy atom. The number of hydrogen-bond acceptors (Lipinski definition) is 0. The van der Waals surface area contributed by atoms with E-state index in [1.165, 1.54) is 38.5 Å². The summed E-state index contributed by atoms with van der Waals surface area (Å²) in [6.45, 7) is 10.8. The Balaban J connectivity index is 4.02. The summed E-state index contributed by atoms with van der Waals surface area (Å²) < 4.78 is 0. The molecular formula is C13H26. The van der Waals surface area contributed by atoms with Gasteiger partial charge < -0.3 is 0 Å². The summed E-state index contributed by atoms with van der Waals surface area (Å²) in [5.74, 6) is 1.66. The van der Waals surface area contributed by atoms with Crippen molar-refractivity contribution in [2.45, 2.75) is 59.3 Å². The van der Waals surface area contributed by atoms with Gasteiger partial charge in [0.1, 0.15) is 0 Å². The molecule has 0 N–H and O–H groups in total. The van der Waals surface area contributed by atoms with E-state index in [4.69, 9.17) is 0 Å². The van der Waals surface area contributed by atoms with Gasteiger partial charge in [0.05, 0.1) is 0 Å². The first-order chi connectivity index (χ1) is 6.29. The van der Waals surface area contributed by atoms with Crippen molar-refractivity contribution in [3.63, 3.8) is 0 Å². The first-order valence-corrected chi connectivity index (χ1v) is 5.92. The summed E-state index contributed by atoms with van der Waals surface area (Å²) in [7, 11) is 0. The molecule has 78 valence electrons. The van der Waals surface area contributed by atoms with Crippen LogP contribution in [0, 0.1) is 11.8 Å². The van der Waals surface area contributed by atoms with Crippen LogP contribution in [0.5, 0.6) is 0 Å². The van der Waals surface area contributed by atoms with E-state index >= 15 is 0 Å². The van der Waals surface area contributed by atoms with E-state index in [9.17, 15) is 0 Å². The fraction of sp³-hybridized carbons (Fsp3) is 0.846. The lowest BCUT2D eigenvalue weighted by Crippen LogP contribution is -2.12. The summed E-state index contributed by atoms with van der Waals surface area (Å²) in [5.41, 5.74) is 0. The molecule has 1 atom stereocenters. The normalized spacial score (nSPS) is 13.2. The van der Waals surface area contributed by atoms with E-state index < -0.39 is 0 Å². The fourth-order valence-corrected chi connectivity index (χ4v) is 2.19. The third-order valence-corrected chi connectivity index (χ3v) is 2.85. The Morgan fingerprint density at radius 2 is 1.38 bits per heavy atom. The van der Waals surface area contributed by atoms with E-state index in [1.807, 2.05) is 0 Å². The molecule has 0 amide bonds. The van der Waals surface area contributed by atoms with Crippen LogP contribution in [0.15, 0.2) is 12.7 Å². The number of allylic oxidation sites excluding steroid dienone is 1. The summed E-state index contributed by atoms with van der Waals surface area (Å²) in [6.07, 6.45) is 10.2. The molecule has 0 fully saturated rings. The van der Waals surface area contributed by atoms with E-state index in [1.54, 1.807) is 0 Å². The lowest BCUT2D eigenvalue weighted by molar-refractivity contribution is 0.322. The van der Waals surface area contributed by atoms with Gasteiger partial charge in [-0.3, -0.25) is 0 Å². The van der Waals surface area contributed by atoms with Gasteiger partial charge in [-0.15, -0.1) is 6.58 Å². The van der Waals surface area contributed by atoms with Gasteiger partial charge in [0.2, 0.25) is 0 Å². The molecule has 0 aliphatic carbocycles. The predicted octanol–water partition coefficient (Wildman–Crippen LogP) is 4.81. The molecule has 0 aromatic rings. The third kappa shape index (κ3) is 5.13. The maximum absolute atomic E-state index is 3.97. The van der Waals surface area contributed by atoms with Gasteiger partial charge in [0.15, 0.2) is 0 Å². The molecule has 0 spiro atoms. The van der Waals surface area contributed by atoms with Gasteiger partial charge >= 0.3 is 0 Å². The predicted molar refractivity (Wildman–Crippen MR) is 61.9 cm³/mol. The van der Waals surface area contributed by atoms with Gasteiger partial charge in [-0.1, -0.05) is 59.0 Å². The standard InChI is InChI=1S/C13H26/c1-5-9-12(8-4)13(10-6-2)11-7-3/h8,12-13H,4-7,9-11H2,1-3H3. The molecule has 0 radical (unpaired) electrons. The third-order valence-electron chi connectivity index (χ3n) is 2.85. The zero-order valence-corrected chi connectivity index (χ0v) is 9.68. The largest absolute Gasteiger partial charge is 0.103 e. The maximum atomic E-state index is 3.97. The van der Waals surface area contributed by atoms with Gasteiger partial charge in [0.25, 0.3) is 0 Å². The lowest BCUT2D eigenvalue weighted by Gasteiger charge is -2.23. The average Bonchev–Trinajstić information content (AvgIpc) is 2.14. The smallest absolute Gasteiger partial charge is 0.0208 e. The molecule has 0 bridgehead atoms. The molecule has 13 heavy (non-hydrogen) atoms.